The van der Waals surface area contributed by atoms with Crippen LogP contribution in [0, 0.1) is 53.2 Å². The van der Waals surface area contributed by atoms with Gasteiger partial charge in [-0.25, -0.2) is 8.78 Å². The van der Waals surface area contributed by atoms with E-state index in [-0.39, 0.29) is 41.2 Å². The molecule has 20 rings (SSSR count). The number of halogens is 2. The highest BCUT2D eigenvalue weighted by molar-refractivity contribution is 5.88. The summed E-state index contributed by atoms with van der Waals surface area (Å²) in [6, 6.07) is 65.4. The molecule has 6 N–H and O–H groups in total. The van der Waals surface area contributed by atoms with E-state index in [0.29, 0.717) is 147 Å². The molecular weight excluding hydrogens is 1870 g/mol. The number of aromatic amines is 5. The predicted octanol–water partition coefficient (Wildman–Crippen LogP) is 28.3. The predicted molar refractivity (Wildman–Crippen MR) is 580 cm³/mol. The van der Waals surface area contributed by atoms with Gasteiger partial charge in [0.25, 0.3) is 0 Å². The summed E-state index contributed by atoms with van der Waals surface area (Å²) < 4.78 is 88.1. The van der Waals surface area contributed by atoms with Gasteiger partial charge in [-0.2, -0.15) is 0 Å². The number of ketones is 4. The molecule has 15 aromatic rings. The van der Waals surface area contributed by atoms with E-state index < -0.39 is 5.97 Å². The molecule has 0 atom stereocenters. The fourth-order valence-corrected chi connectivity index (χ4v) is 20.8. The Hall–Kier alpha value is -13.6. The Morgan fingerprint density at radius 2 is 0.601 bits per heavy atom. The van der Waals surface area contributed by atoms with Crippen molar-refractivity contribution in [2.45, 2.75) is 286 Å². The van der Waals surface area contributed by atoms with Gasteiger partial charge in [0.15, 0.2) is 11.6 Å². The summed E-state index contributed by atoms with van der Waals surface area (Å²) in [6.45, 7) is 26.6. The zero-order valence-electron chi connectivity index (χ0n) is 87.4. The molecule has 0 bridgehead atoms. The summed E-state index contributed by atoms with van der Waals surface area (Å²) >= 11 is 0. The number of carboxylic acids is 1. The van der Waals surface area contributed by atoms with Crippen molar-refractivity contribution < 1.29 is 85.2 Å². The van der Waals surface area contributed by atoms with Gasteiger partial charge in [0, 0.05) is 137 Å². The molecule has 23 heteroatoms. The second kappa shape index (κ2) is 51.8. The van der Waals surface area contributed by atoms with Crippen molar-refractivity contribution in [3.63, 3.8) is 0 Å². The Morgan fingerprint density at radius 3 is 0.926 bits per heavy atom. The minimum Gasteiger partial charge on any atom is -0.490 e. The lowest BCUT2D eigenvalue weighted by Gasteiger charge is -2.24. The van der Waals surface area contributed by atoms with Crippen LogP contribution < -0.4 is 33.2 Å². The molecule has 0 spiro atoms. The number of hydrogen-bond acceptors (Lipinski definition) is 15. The van der Waals surface area contributed by atoms with E-state index in [1.165, 1.54) is 84.0 Å². The molecule has 0 unspecified atom stereocenters. The molecule has 0 amide bonds. The number of aliphatic carboxylic acids is 1. The second-order valence-electron chi connectivity index (χ2n) is 40.9. The van der Waals surface area contributed by atoms with Gasteiger partial charge in [0.05, 0.1) is 30.0 Å². The number of rotatable bonds is 37. The van der Waals surface area contributed by atoms with Gasteiger partial charge in [-0.15, -0.1) is 0 Å². The van der Waals surface area contributed by atoms with Crippen molar-refractivity contribution in [1.29, 1.82) is 0 Å². The normalized spacial score (nSPS) is 14.7. The average Bonchev–Trinajstić information content (AvgIpc) is 1.67. The van der Waals surface area contributed by atoms with Crippen LogP contribution in [-0.4, -0.2) is 111 Å². The summed E-state index contributed by atoms with van der Waals surface area (Å²) in [7, 11) is 0. The van der Waals surface area contributed by atoms with Gasteiger partial charge in [-0.1, -0.05) is 66.7 Å². The molecule has 2 aliphatic carbocycles. The largest absolute Gasteiger partial charge is 0.490 e. The van der Waals surface area contributed by atoms with Crippen molar-refractivity contribution in [2.75, 3.05) is 39.6 Å². The SMILES string of the molecule is CC(=O)CCc1[nH]c2ccc(OCc3ccc(C4CCOCC4)c(C)c3)cc2c1F.CC(=O)CCc1[nH]c2ccc(OCc3ccc(OC4CCCC4)c(C)c3)cc2c1F.CC(=O)CCc1cc2cc(OCc3ccc(C4CCOCC4)c(C)c3)ccc2[nH]1.CC(=O)CCc1cc2cc(OCc3ccc(C4CCOCC4)c(C)c3)ccc2[nH]1.Cc1cc(COc2ccc3[nH]c(CCC(=O)O)c(C)c3c2)ccc1OC1CCCC1. The van der Waals surface area contributed by atoms with Crippen molar-refractivity contribution >= 4 is 83.6 Å². The average molecular weight is 2010 g/mol. The van der Waals surface area contributed by atoms with E-state index in [9.17, 15) is 32.8 Å². The fraction of sp³-hybridized carbons (Fsp3) is 0.400. The lowest BCUT2D eigenvalue weighted by atomic mass is 9.88. The van der Waals surface area contributed by atoms with Crippen molar-refractivity contribution in [1.82, 2.24) is 24.9 Å². The topological polar surface area (TPSA) is 277 Å². The highest BCUT2D eigenvalue weighted by atomic mass is 19.1. The molecule has 10 aromatic carbocycles. The summed E-state index contributed by atoms with van der Waals surface area (Å²) in [5, 5.41) is 13.2. The third kappa shape index (κ3) is 29.9. The number of H-pyrrole nitrogens is 5. The van der Waals surface area contributed by atoms with Crippen molar-refractivity contribution in [3.8, 4) is 40.2 Å². The van der Waals surface area contributed by atoms with Crippen LogP contribution in [0.1, 0.15) is 274 Å². The van der Waals surface area contributed by atoms with Crippen LogP contribution in [0.2, 0.25) is 0 Å². The highest BCUT2D eigenvalue weighted by Gasteiger charge is 2.26. The summed E-state index contributed by atoms with van der Waals surface area (Å²) in [5.74, 6) is 6.64. The van der Waals surface area contributed by atoms with E-state index in [1.54, 1.807) is 26.0 Å². The zero-order chi connectivity index (χ0) is 104. The standard InChI is InChI=1S/2C25H28FNO3.C25H29NO4.2C25H29NO3/c1-16-13-18(4-6-21(16)19-9-11-29-12-10-19)15-30-20-5-8-23-22(14-20)25(26)24(27-23)7-3-17(2)28;1-16-13-18(8-12-24(16)30-19-5-3-4-6-19)15-29-20-9-11-22-21(14-20)25(26)23(27-22)10-7-17(2)28;1-16-13-18(7-11-24(16)30-19-5-3-4-6-19)15-29-20-8-9-23-21(14-20)17(2)22(26-23)10-12-25(27)28;2*1-17-13-19(4-7-24(17)20-9-11-28-12-10-20)16-29-23-6-8-25-21(15-23)14-22(26-25)5-3-18(2)27/h4-6,8,13-14,19,27H,3,7,9-12,15H2,1-2H3;8-9,11-14,19,27H,3-7,10,15H2,1-2H3;7-9,11,13-14,19,26H,3-6,10,12,15H2,1-2H3,(H,27,28);2*4,6-8,13-15,20,26H,3,5,9-12,16H2,1-2H3. The third-order valence-corrected chi connectivity index (χ3v) is 29.2. The summed E-state index contributed by atoms with van der Waals surface area (Å²) in [4.78, 5) is 71.9. The number of fused-ring (bicyclic) bond motifs is 5. The van der Waals surface area contributed by atoms with E-state index in [1.807, 2.05) is 85.8 Å². The summed E-state index contributed by atoms with van der Waals surface area (Å²) in [6.07, 6.45) is 21.6. The monoisotopic (exact) mass is 2010 g/mol. The van der Waals surface area contributed by atoms with E-state index >= 15 is 0 Å². The Labute approximate surface area is 867 Å². The number of Topliss-reactive ketones (excluding diaryl/α,β-unsaturated/α-hetero) is 4. The van der Waals surface area contributed by atoms with Crippen molar-refractivity contribution in [3.05, 3.63) is 312 Å². The smallest absolute Gasteiger partial charge is 0.303 e. The van der Waals surface area contributed by atoms with Crippen LogP contribution in [0.4, 0.5) is 8.78 Å². The van der Waals surface area contributed by atoms with Gasteiger partial charge >= 0.3 is 5.97 Å². The van der Waals surface area contributed by atoms with E-state index in [0.717, 1.165) is 234 Å². The first-order chi connectivity index (χ1) is 71.7. The van der Waals surface area contributed by atoms with Crippen LogP contribution >= 0.6 is 0 Å². The molecular formula is C125H143F2N5O16. The number of nitrogens with one attached hydrogen (secondary N) is 5. The first-order valence-electron chi connectivity index (χ1n) is 53.0. The number of aryl methyl sites for hydroxylation is 11. The maximum Gasteiger partial charge on any atom is 0.303 e. The zero-order valence-corrected chi connectivity index (χ0v) is 87.4. The summed E-state index contributed by atoms with van der Waals surface area (Å²) in [5.41, 5.74) is 25.9. The first kappa shape index (κ1) is 107. The van der Waals surface area contributed by atoms with Crippen LogP contribution in [0.3, 0.4) is 0 Å². The van der Waals surface area contributed by atoms with E-state index in [2.05, 4.69) is 163 Å². The Morgan fingerprint density at radius 1 is 0.311 bits per heavy atom. The van der Waals surface area contributed by atoms with Crippen LogP contribution in [0.5, 0.6) is 40.2 Å². The molecule has 148 heavy (non-hydrogen) atoms. The van der Waals surface area contributed by atoms with E-state index in [4.69, 9.17) is 52.5 Å². The number of hydrogen-bond donors (Lipinski definition) is 6. The maximum atomic E-state index is 14.7. The number of benzene rings is 10. The molecule has 3 aliphatic heterocycles. The first-order valence-corrected chi connectivity index (χ1v) is 53.0. The number of carboxylic acid groups (broad SMARTS) is 1. The minimum atomic E-state index is -0.785. The Balaban J connectivity index is 0.000000132. The van der Waals surface area contributed by atoms with Crippen LogP contribution in [-0.2, 0) is 103 Å². The second-order valence-corrected chi connectivity index (χ2v) is 40.9. The lowest BCUT2D eigenvalue weighted by molar-refractivity contribution is -0.137. The van der Waals surface area contributed by atoms with Gasteiger partial charge in [0.1, 0.15) is 96.4 Å². The van der Waals surface area contributed by atoms with Gasteiger partial charge in [-0.05, 0) is 414 Å². The molecule has 2 saturated carbocycles. The van der Waals surface area contributed by atoms with Crippen LogP contribution in [0.25, 0.3) is 54.5 Å². The molecule has 5 aromatic heterocycles. The molecule has 21 nitrogen and oxygen atoms in total. The Bertz CT molecular complexity index is 6750. The quantitative estimate of drug-likeness (QED) is 0.0211. The molecule has 5 aliphatic rings. The van der Waals surface area contributed by atoms with Crippen molar-refractivity contribution in [2.24, 2.45) is 0 Å². The van der Waals surface area contributed by atoms with Crippen LogP contribution in [0.15, 0.2) is 194 Å². The van der Waals surface area contributed by atoms with Gasteiger partial charge < -0.3 is 96.6 Å². The third-order valence-electron chi connectivity index (χ3n) is 29.2. The minimum absolute atomic E-state index is 0.0482. The number of aromatic nitrogens is 5. The molecule has 8 heterocycles. The molecule has 5 fully saturated rings. The molecule has 778 valence electrons. The van der Waals surface area contributed by atoms with Gasteiger partial charge in [0.2, 0.25) is 0 Å². The Kier molecular flexibility index (Phi) is 37.5. The molecule has 0 radical (unpaired) electrons. The molecule has 3 saturated heterocycles. The maximum absolute atomic E-state index is 14.7. The highest BCUT2D eigenvalue weighted by Crippen LogP contribution is 2.39. The van der Waals surface area contributed by atoms with Gasteiger partial charge in [-0.3, -0.25) is 4.79 Å². The lowest BCUT2D eigenvalue weighted by Crippen LogP contribution is -2.15. The fourth-order valence-electron chi connectivity index (χ4n) is 20.8. The number of ether oxygens (including phenoxy) is 10. The number of carbonyl (C=O) groups excluding carboxylic acids is 4. The number of carbonyl (C=O) groups is 5.